The zero-order valence-electron chi connectivity index (χ0n) is 11.6. The molecule has 0 bridgehead atoms. The van der Waals surface area contributed by atoms with Gasteiger partial charge in [0.25, 0.3) is 0 Å². The van der Waals surface area contributed by atoms with E-state index >= 15 is 0 Å². The van der Waals surface area contributed by atoms with Crippen molar-refractivity contribution < 1.29 is 30.2 Å². The zero-order chi connectivity index (χ0) is 14.5. The van der Waals surface area contributed by atoms with Crippen LogP contribution in [-0.2, 0) is 14.6 Å². The van der Waals surface area contributed by atoms with E-state index in [0.29, 0.717) is 0 Å². The van der Waals surface area contributed by atoms with Gasteiger partial charge in [-0.2, -0.15) is 0 Å². The first-order valence-electron chi connectivity index (χ1n) is 6.06. The predicted molar refractivity (Wildman–Crippen MR) is 65.0 cm³/mol. The maximum Gasteiger partial charge on any atom is 0.336 e. The molecular formula is C12H24O6. The first-order chi connectivity index (χ1) is 8.22. The smallest absolute Gasteiger partial charge is 0.336 e. The van der Waals surface area contributed by atoms with E-state index in [1.165, 1.54) is 0 Å². The normalized spacial score (nSPS) is 19.1. The number of hydrogen-bond acceptors (Lipinski definition) is 5. The molecule has 4 atom stereocenters. The minimum Gasteiger partial charge on any atom is -0.479 e. The molecule has 4 unspecified atom stereocenters. The third-order valence-corrected chi connectivity index (χ3v) is 3.94. The molecule has 0 rings (SSSR count). The number of hydrogen-bond donors (Lipinski definition) is 3. The lowest BCUT2D eigenvalue weighted by atomic mass is 9.73. The monoisotopic (exact) mass is 264 g/mol. The van der Waals surface area contributed by atoms with Gasteiger partial charge in [-0.15, -0.1) is 0 Å². The minimum atomic E-state index is -1.34. The van der Waals surface area contributed by atoms with Crippen molar-refractivity contribution in [2.45, 2.75) is 53.2 Å². The molecule has 6 nitrogen and oxygen atoms in total. The van der Waals surface area contributed by atoms with Gasteiger partial charge in [0, 0.05) is 5.92 Å². The molecule has 0 saturated heterocycles. The van der Waals surface area contributed by atoms with Gasteiger partial charge in [-0.25, -0.2) is 14.6 Å². The number of aliphatic carboxylic acids is 1. The molecule has 0 aliphatic carbocycles. The number of carbonyl (C=O) groups is 1. The van der Waals surface area contributed by atoms with Gasteiger partial charge in [0.05, 0.1) is 0 Å². The first kappa shape index (κ1) is 17.3. The molecule has 18 heavy (non-hydrogen) atoms. The van der Waals surface area contributed by atoms with Crippen LogP contribution in [0.3, 0.4) is 0 Å². The molecule has 0 fully saturated rings. The van der Waals surface area contributed by atoms with E-state index in [9.17, 15) is 4.79 Å². The van der Waals surface area contributed by atoms with E-state index in [1.807, 2.05) is 20.8 Å². The second-order valence-electron chi connectivity index (χ2n) is 5.45. The Bertz CT molecular complexity index is 265. The topological polar surface area (TPSA) is 96.2 Å². The van der Waals surface area contributed by atoms with E-state index in [1.54, 1.807) is 13.8 Å². The lowest BCUT2D eigenvalue weighted by Gasteiger charge is -2.38. The average molecular weight is 264 g/mol. The highest BCUT2D eigenvalue weighted by Gasteiger charge is 2.40. The van der Waals surface area contributed by atoms with Crippen LogP contribution >= 0.6 is 0 Å². The summed E-state index contributed by atoms with van der Waals surface area (Å²) in [6.45, 7) is 9.20. The summed E-state index contributed by atoms with van der Waals surface area (Å²) in [5.41, 5.74) is -0.319. The van der Waals surface area contributed by atoms with E-state index in [2.05, 4.69) is 9.78 Å². The molecule has 6 heteroatoms. The molecule has 0 radical (unpaired) electrons. The molecule has 3 N–H and O–H groups in total. The fraction of sp³-hybridized carbons (Fsp3) is 0.917. The number of carboxylic acids is 1. The van der Waals surface area contributed by atoms with Crippen LogP contribution in [0.2, 0.25) is 0 Å². The van der Waals surface area contributed by atoms with Crippen molar-refractivity contribution in [3.05, 3.63) is 0 Å². The third kappa shape index (κ3) is 3.91. The number of rotatable bonds is 8. The van der Waals surface area contributed by atoms with Gasteiger partial charge in [-0.05, 0) is 17.8 Å². The molecule has 0 amide bonds. The third-order valence-electron chi connectivity index (χ3n) is 3.94. The van der Waals surface area contributed by atoms with Gasteiger partial charge in [-0.3, -0.25) is 10.5 Å². The lowest BCUT2D eigenvalue weighted by molar-refractivity contribution is -0.327. The highest BCUT2D eigenvalue weighted by atomic mass is 17.1. The fourth-order valence-corrected chi connectivity index (χ4v) is 2.07. The summed E-state index contributed by atoms with van der Waals surface area (Å²) < 4.78 is 0. The fourth-order valence-electron chi connectivity index (χ4n) is 2.07. The molecule has 0 aromatic rings. The molecule has 0 aromatic carbocycles. The molecule has 0 aromatic heterocycles. The van der Waals surface area contributed by atoms with E-state index < -0.39 is 24.1 Å². The number of carboxylic acid groups (broad SMARTS) is 1. The largest absolute Gasteiger partial charge is 0.479 e. The van der Waals surface area contributed by atoms with Gasteiger partial charge in [0.1, 0.15) is 6.10 Å². The van der Waals surface area contributed by atoms with Crippen molar-refractivity contribution in [2.24, 2.45) is 17.3 Å². The Morgan fingerprint density at radius 3 is 1.94 bits per heavy atom. The van der Waals surface area contributed by atoms with Gasteiger partial charge in [0.15, 0.2) is 6.10 Å². The SMILES string of the molecule is CCC(C)(C)C(OO)C(C)C(C)C(OO)C(=O)O. The maximum atomic E-state index is 10.9. The Labute approximate surface area is 107 Å². The van der Waals surface area contributed by atoms with Crippen LogP contribution in [0.1, 0.15) is 41.0 Å². The molecule has 108 valence electrons. The zero-order valence-corrected chi connectivity index (χ0v) is 11.6. The summed E-state index contributed by atoms with van der Waals surface area (Å²) >= 11 is 0. The second kappa shape index (κ2) is 7.04. The summed E-state index contributed by atoms with van der Waals surface area (Å²) in [5.74, 6) is -2.07. The van der Waals surface area contributed by atoms with Crippen LogP contribution in [0.4, 0.5) is 0 Å². The van der Waals surface area contributed by atoms with E-state index in [0.717, 1.165) is 6.42 Å². The van der Waals surface area contributed by atoms with Gasteiger partial charge >= 0.3 is 5.97 Å². The summed E-state index contributed by atoms with van der Waals surface area (Å²) in [6, 6.07) is 0. The van der Waals surface area contributed by atoms with Crippen molar-refractivity contribution in [3.63, 3.8) is 0 Å². The highest BCUT2D eigenvalue weighted by molar-refractivity contribution is 5.72. The van der Waals surface area contributed by atoms with Crippen molar-refractivity contribution in [1.29, 1.82) is 0 Å². The maximum absolute atomic E-state index is 10.9. The van der Waals surface area contributed by atoms with Crippen molar-refractivity contribution >= 4 is 5.97 Å². The van der Waals surface area contributed by atoms with Crippen molar-refractivity contribution in [1.82, 2.24) is 0 Å². The van der Waals surface area contributed by atoms with Gasteiger partial charge in [0.2, 0.25) is 0 Å². The Morgan fingerprint density at radius 1 is 1.17 bits per heavy atom. The highest BCUT2D eigenvalue weighted by Crippen LogP contribution is 2.36. The van der Waals surface area contributed by atoms with Crippen LogP contribution in [0.5, 0.6) is 0 Å². The van der Waals surface area contributed by atoms with E-state index in [4.69, 9.17) is 15.6 Å². The molecule has 0 aliphatic rings. The Balaban J connectivity index is 4.99. The van der Waals surface area contributed by atoms with Crippen LogP contribution in [0, 0.1) is 17.3 Å². The molecule has 0 heterocycles. The molecular weight excluding hydrogens is 240 g/mol. The van der Waals surface area contributed by atoms with Crippen LogP contribution in [-0.4, -0.2) is 33.8 Å². The standard InChI is InChI=1S/C12H24O6/c1-6-12(4,5)10(18-16)8(3)7(2)9(17-15)11(13)14/h7-10,15-16H,6H2,1-5H3,(H,13,14). The van der Waals surface area contributed by atoms with Crippen molar-refractivity contribution in [3.8, 4) is 0 Å². The van der Waals surface area contributed by atoms with Gasteiger partial charge < -0.3 is 5.11 Å². The Hall–Kier alpha value is -0.690. The summed E-state index contributed by atoms with van der Waals surface area (Å²) in [6.07, 6.45) is -1.13. The molecule has 0 spiro atoms. The van der Waals surface area contributed by atoms with Gasteiger partial charge in [-0.1, -0.05) is 34.6 Å². The Morgan fingerprint density at radius 2 is 1.67 bits per heavy atom. The minimum absolute atomic E-state index is 0.307. The van der Waals surface area contributed by atoms with Crippen LogP contribution < -0.4 is 0 Å². The average Bonchev–Trinajstić information content (AvgIpc) is 2.29. The van der Waals surface area contributed by atoms with Crippen LogP contribution in [0.25, 0.3) is 0 Å². The molecule has 0 aliphatic heterocycles. The summed E-state index contributed by atoms with van der Waals surface area (Å²) in [5, 5.41) is 26.6. The lowest BCUT2D eigenvalue weighted by Crippen LogP contribution is -2.44. The quantitative estimate of drug-likeness (QED) is 0.460. The summed E-state index contributed by atoms with van der Waals surface area (Å²) in [4.78, 5) is 19.5. The molecule has 0 saturated carbocycles. The van der Waals surface area contributed by atoms with Crippen molar-refractivity contribution in [2.75, 3.05) is 0 Å². The summed E-state index contributed by atoms with van der Waals surface area (Å²) in [7, 11) is 0. The predicted octanol–water partition coefficient (Wildman–Crippen LogP) is 2.50. The first-order valence-corrected chi connectivity index (χ1v) is 6.06. The van der Waals surface area contributed by atoms with E-state index in [-0.39, 0.29) is 11.3 Å². The Kier molecular flexibility index (Phi) is 6.77. The van der Waals surface area contributed by atoms with Crippen LogP contribution in [0.15, 0.2) is 0 Å². The second-order valence-corrected chi connectivity index (χ2v) is 5.45.